The Bertz CT molecular complexity index is 617. The van der Waals surface area contributed by atoms with Crippen LogP contribution in [0.25, 0.3) is 0 Å². The van der Waals surface area contributed by atoms with E-state index < -0.39 is 11.8 Å². The number of carbonyl (C=O) groups excluding carboxylic acids is 1. The van der Waals surface area contributed by atoms with Crippen molar-refractivity contribution in [2.24, 2.45) is 17.3 Å². The SMILES string of the molecule is O=C(C1CC(F)(F)C1)N1C[C@H]2CCC[C@@]2(COc2cccnc2)C1. The van der Waals surface area contributed by atoms with E-state index in [9.17, 15) is 13.6 Å². The molecule has 130 valence electrons. The lowest BCUT2D eigenvalue weighted by molar-refractivity contribution is -0.159. The molecule has 0 spiro atoms. The van der Waals surface area contributed by atoms with Gasteiger partial charge < -0.3 is 9.64 Å². The number of halogens is 2. The van der Waals surface area contributed by atoms with Gasteiger partial charge in [-0.15, -0.1) is 0 Å². The maximum Gasteiger partial charge on any atom is 0.249 e. The summed E-state index contributed by atoms with van der Waals surface area (Å²) in [4.78, 5) is 18.4. The number of hydrogen-bond donors (Lipinski definition) is 0. The Kier molecular flexibility index (Phi) is 3.73. The monoisotopic (exact) mass is 336 g/mol. The molecule has 0 unspecified atom stereocenters. The minimum atomic E-state index is -2.64. The van der Waals surface area contributed by atoms with Crippen molar-refractivity contribution in [3.63, 3.8) is 0 Å². The summed E-state index contributed by atoms with van der Waals surface area (Å²) in [6.45, 7) is 1.89. The third-order valence-corrected chi connectivity index (χ3v) is 5.95. The molecule has 0 N–H and O–H groups in total. The highest BCUT2D eigenvalue weighted by Gasteiger charge is 2.55. The average molecular weight is 336 g/mol. The molecule has 2 heterocycles. The van der Waals surface area contributed by atoms with Gasteiger partial charge in [-0.25, -0.2) is 8.78 Å². The zero-order valence-electron chi connectivity index (χ0n) is 13.6. The van der Waals surface area contributed by atoms with Gasteiger partial charge in [0, 0.05) is 43.5 Å². The summed E-state index contributed by atoms with van der Waals surface area (Å²) < 4.78 is 32.0. The zero-order chi connectivity index (χ0) is 16.8. The van der Waals surface area contributed by atoms with Gasteiger partial charge in [0.15, 0.2) is 0 Å². The number of aromatic nitrogens is 1. The molecule has 2 atom stereocenters. The number of pyridine rings is 1. The highest BCUT2D eigenvalue weighted by atomic mass is 19.3. The van der Waals surface area contributed by atoms with Crippen LogP contribution in [-0.2, 0) is 4.79 Å². The van der Waals surface area contributed by atoms with Crippen LogP contribution in [0.3, 0.4) is 0 Å². The Hall–Kier alpha value is -1.72. The first kappa shape index (κ1) is 15.8. The number of rotatable bonds is 4. The number of nitrogens with zero attached hydrogens (tertiary/aromatic N) is 2. The molecule has 1 saturated heterocycles. The summed E-state index contributed by atoms with van der Waals surface area (Å²) in [6, 6.07) is 3.71. The van der Waals surface area contributed by atoms with Gasteiger partial charge in [0.05, 0.1) is 12.8 Å². The first-order chi connectivity index (χ1) is 11.5. The van der Waals surface area contributed by atoms with E-state index in [0.717, 1.165) is 25.0 Å². The minimum Gasteiger partial charge on any atom is -0.491 e. The highest BCUT2D eigenvalue weighted by molar-refractivity contribution is 5.80. The lowest BCUT2D eigenvalue weighted by Crippen LogP contribution is -2.47. The molecular weight excluding hydrogens is 314 g/mol. The minimum absolute atomic E-state index is 0.0300. The summed E-state index contributed by atoms with van der Waals surface area (Å²) in [5, 5.41) is 0. The fourth-order valence-corrected chi connectivity index (χ4v) is 4.57. The Morgan fingerprint density at radius 1 is 1.42 bits per heavy atom. The van der Waals surface area contributed by atoms with Crippen molar-refractivity contribution in [3.8, 4) is 5.75 Å². The van der Waals surface area contributed by atoms with Crippen LogP contribution >= 0.6 is 0 Å². The van der Waals surface area contributed by atoms with E-state index >= 15 is 0 Å². The molecule has 1 aliphatic heterocycles. The van der Waals surface area contributed by atoms with Crippen LogP contribution in [0.2, 0.25) is 0 Å². The smallest absolute Gasteiger partial charge is 0.249 e. The van der Waals surface area contributed by atoms with Gasteiger partial charge in [-0.2, -0.15) is 0 Å². The molecule has 2 aliphatic carbocycles. The molecule has 3 aliphatic rings. The molecule has 1 amide bonds. The number of amides is 1. The fourth-order valence-electron chi connectivity index (χ4n) is 4.57. The van der Waals surface area contributed by atoms with E-state index in [4.69, 9.17) is 4.74 Å². The van der Waals surface area contributed by atoms with Crippen molar-refractivity contribution in [3.05, 3.63) is 24.5 Å². The quantitative estimate of drug-likeness (QED) is 0.848. The van der Waals surface area contributed by atoms with Crippen molar-refractivity contribution in [2.75, 3.05) is 19.7 Å². The summed E-state index contributed by atoms with van der Waals surface area (Å²) >= 11 is 0. The standard InChI is InChI=1S/C18H22F2N2O2/c19-18(20)7-13(8-18)16(23)22-10-14-3-1-5-17(14,11-22)12-24-15-4-2-6-21-9-15/h2,4,6,9,13-14H,1,3,5,7-8,10-12H2/t14-,17+/m1/s1. The molecule has 0 radical (unpaired) electrons. The number of fused-ring (bicyclic) bond motifs is 1. The third kappa shape index (κ3) is 2.76. The van der Waals surface area contributed by atoms with Crippen molar-refractivity contribution < 1.29 is 18.3 Å². The first-order valence-corrected chi connectivity index (χ1v) is 8.67. The predicted molar refractivity (Wildman–Crippen MR) is 83.8 cm³/mol. The molecule has 1 aromatic heterocycles. The summed E-state index contributed by atoms with van der Waals surface area (Å²) in [6.07, 6.45) is 6.08. The predicted octanol–water partition coefficient (Wildman–Crippen LogP) is 3.13. The number of hydrogen-bond acceptors (Lipinski definition) is 3. The second kappa shape index (κ2) is 5.67. The van der Waals surface area contributed by atoms with Gasteiger partial charge in [0.2, 0.25) is 11.8 Å². The molecule has 4 nitrogen and oxygen atoms in total. The number of likely N-dealkylation sites (tertiary alicyclic amines) is 1. The molecule has 24 heavy (non-hydrogen) atoms. The average Bonchev–Trinajstić information content (AvgIpc) is 3.08. The van der Waals surface area contributed by atoms with Crippen LogP contribution in [0.5, 0.6) is 5.75 Å². The van der Waals surface area contributed by atoms with E-state index in [-0.39, 0.29) is 24.2 Å². The molecule has 0 aromatic carbocycles. The molecule has 1 aromatic rings. The largest absolute Gasteiger partial charge is 0.491 e. The normalized spacial score (nSPS) is 31.6. The maximum atomic E-state index is 13.1. The van der Waals surface area contributed by atoms with Crippen molar-refractivity contribution >= 4 is 5.91 Å². The summed E-state index contributed by atoms with van der Waals surface area (Å²) in [7, 11) is 0. The summed E-state index contributed by atoms with van der Waals surface area (Å²) in [5.74, 6) is -2.07. The molecule has 0 bridgehead atoms. The number of alkyl halides is 2. The van der Waals surface area contributed by atoms with Gasteiger partial charge in [-0.05, 0) is 30.9 Å². The Balaban J connectivity index is 1.40. The number of ether oxygens (including phenoxy) is 1. The van der Waals surface area contributed by atoms with E-state index in [1.807, 2.05) is 17.0 Å². The number of carbonyl (C=O) groups is 1. The second-order valence-electron chi connectivity index (χ2n) is 7.61. The van der Waals surface area contributed by atoms with Crippen LogP contribution in [0.4, 0.5) is 8.78 Å². The van der Waals surface area contributed by atoms with Crippen molar-refractivity contribution in [2.45, 2.75) is 38.0 Å². The van der Waals surface area contributed by atoms with E-state index in [0.29, 0.717) is 25.6 Å². The first-order valence-electron chi connectivity index (χ1n) is 8.67. The van der Waals surface area contributed by atoms with Crippen LogP contribution in [0, 0.1) is 17.3 Å². The van der Waals surface area contributed by atoms with Gasteiger partial charge in [-0.3, -0.25) is 9.78 Å². The van der Waals surface area contributed by atoms with E-state index in [1.54, 1.807) is 12.4 Å². The van der Waals surface area contributed by atoms with Crippen molar-refractivity contribution in [1.29, 1.82) is 0 Å². The van der Waals surface area contributed by atoms with E-state index in [1.165, 1.54) is 0 Å². The van der Waals surface area contributed by atoms with Crippen molar-refractivity contribution in [1.82, 2.24) is 9.88 Å². The third-order valence-electron chi connectivity index (χ3n) is 5.95. The molecule has 6 heteroatoms. The van der Waals surface area contributed by atoms with Gasteiger partial charge in [-0.1, -0.05) is 6.42 Å². The molecular formula is C18H22F2N2O2. The Morgan fingerprint density at radius 3 is 2.96 bits per heavy atom. The van der Waals surface area contributed by atoms with Crippen LogP contribution in [-0.4, -0.2) is 41.4 Å². The summed E-state index contributed by atoms with van der Waals surface area (Å²) in [5.41, 5.74) is -0.0300. The topological polar surface area (TPSA) is 42.4 Å². The maximum absolute atomic E-state index is 13.1. The Labute approximate surface area is 140 Å². The van der Waals surface area contributed by atoms with Gasteiger partial charge in [0.1, 0.15) is 5.75 Å². The fraction of sp³-hybridized carbons (Fsp3) is 0.667. The Morgan fingerprint density at radius 2 is 2.25 bits per heavy atom. The van der Waals surface area contributed by atoms with Crippen LogP contribution in [0.1, 0.15) is 32.1 Å². The lowest BCUT2D eigenvalue weighted by atomic mass is 9.80. The lowest BCUT2D eigenvalue weighted by Gasteiger charge is -2.36. The highest BCUT2D eigenvalue weighted by Crippen LogP contribution is 2.50. The van der Waals surface area contributed by atoms with Crippen LogP contribution in [0.15, 0.2) is 24.5 Å². The zero-order valence-corrected chi connectivity index (χ0v) is 13.6. The van der Waals surface area contributed by atoms with E-state index in [2.05, 4.69) is 4.98 Å². The van der Waals surface area contributed by atoms with Gasteiger partial charge >= 0.3 is 0 Å². The second-order valence-corrected chi connectivity index (χ2v) is 7.61. The molecule has 4 rings (SSSR count). The van der Waals surface area contributed by atoms with Gasteiger partial charge in [0.25, 0.3) is 0 Å². The molecule has 2 saturated carbocycles. The molecule has 3 fully saturated rings. The van der Waals surface area contributed by atoms with Crippen LogP contribution < -0.4 is 4.74 Å².